The summed E-state index contributed by atoms with van der Waals surface area (Å²) in [6.45, 7) is 4.92. The average molecular weight is 744 g/mol. The van der Waals surface area contributed by atoms with E-state index in [4.69, 9.17) is 0 Å². The minimum absolute atomic E-state index is 0.00578. The standard InChI is InChI=1S/C37H43F2N11O4/c1-45-30(22-48(37(45)54)29-10-11-31(51)43-36(29)53)24-4-2-5-26(18-24)47-16-14-46(15-17-47)20-23-6-8-25(9-7-23)50-21-28(32(44-50)33(38)39)42-35(52)27-19-41-49-13-3-12-40-34(27)49/h2-5,12-13,18-19,21,23,25,29-30,33H,6-11,14-17,20,22H2,1H3,(H,42,52)(H,43,51,53). The maximum atomic E-state index is 14.0. The predicted molar refractivity (Wildman–Crippen MR) is 193 cm³/mol. The van der Waals surface area contributed by atoms with Crippen molar-refractivity contribution < 1.29 is 28.0 Å². The number of nitrogens with one attached hydrogen (secondary N) is 2. The van der Waals surface area contributed by atoms with E-state index < -0.39 is 30.0 Å². The Morgan fingerprint density at radius 1 is 1.02 bits per heavy atom. The summed E-state index contributed by atoms with van der Waals surface area (Å²) in [5, 5.41) is 13.3. The SMILES string of the molecule is CN1C(=O)N(C2CCC(=O)NC2=O)CC1c1cccc(N2CCN(CC3CCC(n4cc(NC(=O)c5cnn6cccnc56)c(C(F)F)n4)CC3)CC2)c1. The van der Waals surface area contributed by atoms with Gasteiger partial charge in [0.2, 0.25) is 11.8 Å². The third kappa shape index (κ3) is 6.99. The average Bonchev–Trinajstić information content (AvgIpc) is 3.88. The van der Waals surface area contributed by atoms with Crippen LogP contribution in [0.15, 0.2) is 55.1 Å². The van der Waals surface area contributed by atoms with Gasteiger partial charge in [-0.3, -0.25) is 29.3 Å². The highest BCUT2D eigenvalue weighted by Gasteiger charge is 2.43. The number of rotatable bonds is 9. The van der Waals surface area contributed by atoms with Crippen LogP contribution in [0.25, 0.3) is 5.65 Å². The van der Waals surface area contributed by atoms with Crippen LogP contribution < -0.4 is 15.5 Å². The van der Waals surface area contributed by atoms with Crippen molar-refractivity contribution in [3.05, 3.63) is 71.9 Å². The Morgan fingerprint density at radius 3 is 2.57 bits per heavy atom. The number of hydrogen-bond acceptors (Lipinski definition) is 9. The van der Waals surface area contributed by atoms with E-state index in [1.165, 1.54) is 23.1 Å². The third-order valence-electron chi connectivity index (χ3n) is 11.4. The minimum Gasteiger partial charge on any atom is -0.369 e. The Kier molecular flexibility index (Phi) is 9.72. The second kappa shape index (κ2) is 14.8. The Balaban J connectivity index is 0.829. The van der Waals surface area contributed by atoms with Crippen molar-refractivity contribution in [3.8, 4) is 0 Å². The third-order valence-corrected chi connectivity index (χ3v) is 11.4. The van der Waals surface area contributed by atoms with Gasteiger partial charge in [-0.2, -0.15) is 10.2 Å². The first-order chi connectivity index (χ1) is 26.1. The Labute approximate surface area is 310 Å². The van der Waals surface area contributed by atoms with Gasteiger partial charge in [0.15, 0.2) is 11.3 Å². The number of hydrogen-bond donors (Lipinski definition) is 2. The zero-order chi connectivity index (χ0) is 37.5. The fraction of sp³-hybridized carbons (Fsp3) is 0.486. The first kappa shape index (κ1) is 35.6. The summed E-state index contributed by atoms with van der Waals surface area (Å²) in [6, 6.07) is 8.87. The number of likely N-dealkylation sites (N-methyl/N-ethyl adjacent to an activating group) is 1. The van der Waals surface area contributed by atoms with Crippen molar-refractivity contribution >= 4 is 40.8 Å². The summed E-state index contributed by atoms with van der Waals surface area (Å²) in [6.07, 6.45) is 7.33. The Bertz CT molecular complexity index is 2050. The smallest absolute Gasteiger partial charge is 0.321 e. The number of piperidine rings is 1. The molecule has 4 aromatic rings. The number of nitrogens with zero attached hydrogens (tertiary/aromatic N) is 9. The molecule has 4 fully saturated rings. The van der Waals surface area contributed by atoms with Crippen LogP contribution in [0.3, 0.4) is 0 Å². The molecule has 8 rings (SSSR count). The zero-order valence-corrected chi connectivity index (χ0v) is 30.0. The van der Waals surface area contributed by atoms with E-state index in [2.05, 4.69) is 47.7 Å². The van der Waals surface area contributed by atoms with Crippen molar-refractivity contribution in [1.82, 2.24) is 44.4 Å². The van der Waals surface area contributed by atoms with E-state index in [1.54, 1.807) is 33.8 Å². The first-order valence-electron chi connectivity index (χ1n) is 18.5. The van der Waals surface area contributed by atoms with Crippen LogP contribution in [-0.2, 0) is 9.59 Å². The predicted octanol–water partition coefficient (Wildman–Crippen LogP) is 3.88. The van der Waals surface area contributed by atoms with Gasteiger partial charge in [0.25, 0.3) is 12.3 Å². The number of alkyl halides is 2. The van der Waals surface area contributed by atoms with Gasteiger partial charge < -0.3 is 20.0 Å². The van der Waals surface area contributed by atoms with Gasteiger partial charge in [-0.15, -0.1) is 0 Å². The molecule has 6 heterocycles. The van der Waals surface area contributed by atoms with E-state index in [-0.39, 0.29) is 41.7 Å². The van der Waals surface area contributed by atoms with E-state index in [1.807, 2.05) is 12.1 Å². The van der Waals surface area contributed by atoms with Crippen molar-refractivity contribution in [2.24, 2.45) is 5.92 Å². The first-order valence-corrected chi connectivity index (χ1v) is 18.5. The number of carbonyl (C=O) groups excluding carboxylic acids is 4. The second-order valence-electron chi connectivity index (χ2n) is 14.7. The fourth-order valence-corrected chi connectivity index (χ4v) is 8.39. The van der Waals surface area contributed by atoms with Crippen molar-refractivity contribution in [2.75, 3.05) is 56.5 Å². The van der Waals surface area contributed by atoms with Crippen molar-refractivity contribution in [2.45, 2.75) is 63.1 Å². The number of carbonyl (C=O) groups is 4. The Hall–Kier alpha value is -5.45. The molecule has 0 spiro atoms. The molecular weight excluding hydrogens is 700 g/mol. The molecule has 2 atom stereocenters. The lowest BCUT2D eigenvalue weighted by molar-refractivity contribution is -0.136. The molecule has 0 radical (unpaired) electrons. The number of imide groups is 1. The summed E-state index contributed by atoms with van der Waals surface area (Å²) in [4.78, 5) is 62.6. The maximum Gasteiger partial charge on any atom is 0.321 e. The van der Waals surface area contributed by atoms with Crippen LogP contribution in [0.2, 0.25) is 0 Å². The summed E-state index contributed by atoms with van der Waals surface area (Å²) >= 11 is 0. The number of piperazine rings is 1. The number of halogens is 2. The van der Waals surface area contributed by atoms with Crippen molar-refractivity contribution in [1.29, 1.82) is 0 Å². The molecule has 1 aromatic carbocycles. The molecule has 54 heavy (non-hydrogen) atoms. The summed E-state index contributed by atoms with van der Waals surface area (Å²) < 4.78 is 31.1. The lowest BCUT2D eigenvalue weighted by atomic mass is 9.85. The largest absolute Gasteiger partial charge is 0.369 e. The van der Waals surface area contributed by atoms with E-state index in [0.29, 0.717) is 24.5 Å². The van der Waals surface area contributed by atoms with Gasteiger partial charge in [0, 0.05) is 77.0 Å². The normalized spacial score (nSPS) is 24.1. The summed E-state index contributed by atoms with van der Waals surface area (Å²) in [5.41, 5.74) is 2.18. The van der Waals surface area contributed by atoms with Crippen LogP contribution in [-0.4, -0.2) is 115 Å². The minimum atomic E-state index is -2.84. The quantitative estimate of drug-likeness (QED) is 0.243. The molecule has 15 nitrogen and oxygen atoms in total. The molecule has 3 aromatic heterocycles. The van der Waals surface area contributed by atoms with Gasteiger partial charge in [-0.1, -0.05) is 12.1 Å². The summed E-state index contributed by atoms with van der Waals surface area (Å²) in [5.74, 6) is -0.793. The number of benzene rings is 1. The highest BCUT2D eigenvalue weighted by atomic mass is 19.3. The number of fused-ring (bicyclic) bond motifs is 1. The molecule has 17 heteroatoms. The monoisotopic (exact) mass is 743 g/mol. The highest BCUT2D eigenvalue weighted by molar-refractivity contribution is 6.08. The highest BCUT2D eigenvalue weighted by Crippen LogP contribution is 2.36. The number of urea groups is 1. The van der Waals surface area contributed by atoms with Gasteiger partial charge in [-0.25, -0.2) is 23.1 Å². The number of amides is 5. The maximum absolute atomic E-state index is 14.0. The van der Waals surface area contributed by atoms with Crippen LogP contribution in [0.1, 0.15) is 78.6 Å². The lowest BCUT2D eigenvalue weighted by Gasteiger charge is -2.39. The van der Waals surface area contributed by atoms with Crippen molar-refractivity contribution in [3.63, 3.8) is 0 Å². The molecule has 0 bridgehead atoms. The molecule has 2 unspecified atom stereocenters. The molecule has 4 aliphatic rings. The number of aromatic nitrogens is 5. The zero-order valence-electron chi connectivity index (χ0n) is 30.0. The molecule has 3 saturated heterocycles. The van der Waals surface area contributed by atoms with Gasteiger partial charge in [0.1, 0.15) is 11.6 Å². The molecule has 3 aliphatic heterocycles. The molecular formula is C37H43F2N11O4. The molecule has 5 amide bonds. The van der Waals surface area contributed by atoms with Crippen LogP contribution in [0, 0.1) is 5.92 Å². The molecule has 1 saturated carbocycles. The van der Waals surface area contributed by atoms with Crippen LogP contribution in [0.4, 0.5) is 25.0 Å². The van der Waals surface area contributed by atoms with Gasteiger partial charge in [-0.05, 0) is 61.8 Å². The fourth-order valence-electron chi connectivity index (χ4n) is 8.39. The number of anilines is 2. The van der Waals surface area contributed by atoms with E-state index in [9.17, 15) is 28.0 Å². The van der Waals surface area contributed by atoms with Gasteiger partial charge in [0.05, 0.1) is 24.0 Å². The van der Waals surface area contributed by atoms with Crippen LogP contribution >= 0.6 is 0 Å². The van der Waals surface area contributed by atoms with E-state index >= 15 is 0 Å². The second-order valence-corrected chi connectivity index (χ2v) is 14.7. The van der Waals surface area contributed by atoms with Crippen LogP contribution in [0.5, 0.6) is 0 Å². The molecule has 284 valence electrons. The molecule has 1 aliphatic carbocycles. The summed E-state index contributed by atoms with van der Waals surface area (Å²) in [7, 11) is 1.76. The van der Waals surface area contributed by atoms with Gasteiger partial charge >= 0.3 is 6.03 Å². The lowest BCUT2D eigenvalue weighted by Crippen LogP contribution is -2.53. The Morgan fingerprint density at radius 2 is 1.81 bits per heavy atom. The van der Waals surface area contributed by atoms with E-state index in [0.717, 1.165) is 69.7 Å². The topological polar surface area (TPSA) is 153 Å². The molecule has 2 N–H and O–H groups in total.